The zero-order chi connectivity index (χ0) is 21.5. The third kappa shape index (κ3) is 4.81. The highest BCUT2D eigenvalue weighted by Crippen LogP contribution is 2.40. The van der Waals surface area contributed by atoms with E-state index in [9.17, 15) is 5.11 Å². The highest BCUT2D eigenvalue weighted by molar-refractivity contribution is 6.99. The monoisotopic (exact) mass is 416 g/mol. The van der Waals surface area contributed by atoms with E-state index in [-0.39, 0.29) is 17.7 Å². The fourth-order valence-electron chi connectivity index (χ4n) is 4.12. The summed E-state index contributed by atoms with van der Waals surface area (Å²) < 4.78 is 7.31. The van der Waals surface area contributed by atoms with Gasteiger partial charge in [-0.25, -0.2) is 0 Å². The summed E-state index contributed by atoms with van der Waals surface area (Å²) in [5, 5.41) is 11.7. The van der Waals surface area contributed by atoms with Gasteiger partial charge in [-0.2, -0.15) is 0 Å². The van der Waals surface area contributed by atoms with Gasteiger partial charge in [-0.05, 0) is 27.4 Å². The fraction of sp³-hybridized carbons (Fsp3) is 0.259. The summed E-state index contributed by atoms with van der Waals surface area (Å²) in [6, 6.07) is 31.9. The van der Waals surface area contributed by atoms with Crippen LogP contribution in [0.25, 0.3) is 0 Å². The van der Waals surface area contributed by atoms with Crippen LogP contribution in [0.5, 0.6) is 0 Å². The standard InChI is InChI=1S/C27H32O2Si/c1-27(2,3)30(24-17-9-5-10-18-24,25-19-11-6-12-20-25)29-26(21-13-14-22-28)23-15-7-4-8-16-23/h4-20,26,28H,21-22H2,1-3H3/b14-13-. The summed E-state index contributed by atoms with van der Waals surface area (Å²) in [4.78, 5) is 0. The Balaban J connectivity index is 2.18. The molecule has 0 aliphatic rings. The number of aliphatic hydroxyl groups excluding tert-OH is 1. The topological polar surface area (TPSA) is 29.5 Å². The van der Waals surface area contributed by atoms with Gasteiger partial charge < -0.3 is 9.53 Å². The Hall–Kier alpha value is -2.46. The van der Waals surface area contributed by atoms with Gasteiger partial charge >= 0.3 is 0 Å². The van der Waals surface area contributed by atoms with Crippen molar-refractivity contribution in [1.29, 1.82) is 0 Å². The Morgan fingerprint density at radius 1 is 0.767 bits per heavy atom. The third-order valence-corrected chi connectivity index (χ3v) is 10.6. The van der Waals surface area contributed by atoms with E-state index in [1.807, 2.05) is 12.1 Å². The van der Waals surface area contributed by atoms with E-state index < -0.39 is 8.32 Å². The molecule has 3 heteroatoms. The highest BCUT2D eigenvalue weighted by atomic mass is 28.4. The average Bonchev–Trinajstić information content (AvgIpc) is 2.77. The molecule has 0 aromatic heterocycles. The molecule has 0 aliphatic carbocycles. The fourth-order valence-corrected chi connectivity index (χ4v) is 8.79. The molecule has 0 saturated heterocycles. The van der Waals surface area contributed by atoms with Gasteiger partial charge in [-0.3, -0.25) is 0 Å². The van der Waals surface area contributed by atoms with E-state index in [0.29, 0.717) is 0 Å². The molecule has 1 unspecified atom stereocenters. The van der Waals surface area contributed by atoms with Crippen LogP contribution in [0.15, 0.2) is 103 Å². The molecule has 0 fully saturated rings. The maximum Gasteiger partial charge on any atom is 0.261 e. The Bertz CT molecular complexity index is 876. The molecule has 3 aromatic carbocycles. The van der Waals surface area contributed by atoms with Gasteiger partial charge in [0.2, 0.25) is 0 Å². The normalized spacial score (nSPS) is 13.5. The molecule has 156 valence electrons. The first kappa shape index (κ1) is 22.2. The maximum absolute atomic E-state index is 9.25. The molecule has 3 rings (SSSR count). The minimum Gasteiger partial charge on any atom is -0.400 e. The van der Waals surface area contributed by atoms with Crippen molar-refractivity contribution in [2.24, 2.45) is 0 Å². The Morgan fingerprint density at radius 2 is 1.23 bits per heavy atom. The molecular weight excluding hydrogens is 384 g/mol. The lowest BCUT2D eigenvalue weighted by Crippen LogP contribution is -2.66. The van der Waals surface area contributed by atoms with E-state index in [2.05, 4.69) is 106 Å². The number of hydrogen-bond donors (Lipinski definition) is 1. The molecule has 3 aromatic rings. The van der Waals surface area contributed by atoms with Gasteiger partial charge in [-0.15, -0.1) is 0 Å². The molecule has 0 saturated carbocycles. The van der Waals surface area contributed by atoms with Gasteiger partial charge in [0.25, 0.3) is 8.32 Å². The molecule has 0 amide bonds. The lowest BCUT2D eigenvalue weighted by atomic mass is 10.1. The first-order valence-electron chi connectivity index (χ1n) is 10.6. The van der Waals surface area contributed by atoms with Gasteiger partial charge in [-0.1, -0.05) is 124 Å². The molecule has 0 bridgehead atoms. The van der Waals surface area contributed by atoms with Crippen molar-refractivity contribution < 1.29 is 9.53 Å². The minimum atomic E-state index is -2.65. The Morgan fingerprint density at radius 3 is 1.67 bits per heavy atom. The van der Waals surface area contributed by atoms with E-state index in [4.69, 9.17) is 4.43 Å². The quantitative estimate of drug-likeness (QED) is 0.402. The maximum atomic E-state index is 9.25. The van der Waals surface area contributed by atoms with Gasteiger partial charge in [0.15, 0.2) is 0 Å². The first-order valence-corrected chi connectivity index (χ1v) is 12.5. The number of hydrogen-bond acceptors (Lipinski definition) is 2. The largest absolute Gasteiger partial charge is 0.400 e. The predicted octanol–water partition coefficient (Wildman–Crippen LogP) is 5.24. The third-order valence-electron chi connectivity index (χ3n) is 5.53. The molecule has 1 atom stereocenters. The lowest BCUT2D eigenvalue weighted by molar-refractivity contribution is 0.193. The van der Waals surface area contributed by atoms with Crippen molar-refractivity contribution in [1.82, 2.24) is 0 Å². The van der Waals surface area contributed by atoms with Crippen LogP contribution in [0.3, 0.4) is 0 Å². The minimum absolute atomic E-state index is 0.0424. The second-order valence-corrected chi connectivity index (χ2v) is 12.8. The van der Waals surface area contributed by atoms with Crippen molar-refractivity contribution in [2.75, 3.05) is 6.61 Å². The molecule has 2 nitrogen and oxygen atoms in total. The van der Waals surface area contributed by atoms with Crippen LogP contribution in [0.4, 0.5) is 0 Å². The first-order chi connectivity index (χ1) is 14.5. The van der Waals surface area contributed by atoms with Crippen LogP contribution < -0.4 is 10.4 Å². The molecule has 0 spiro atoms. The van der Waals surface area contributed by atoms with Gasteiger partial charge in [0.05, 0.1) is 12.7 Å². The molecule has 0 aliphatic heterocycles. The Labute approximate surface area is 182 Å². The van der Waals surface area contributed by atoms with Crippen molar-refractivity contribution in [3.8, 4) is 0 Å². The Kier molecular flexibility index (Phi) is 7.43. The molecule has 1 N–H and O–H groups in total. The van der Waals surface area contributed by atoms with Crippen molar-refractivity contribution in [3.05, 3.63) is 109 Å². The zero-order valence-corrected chi connectivity index (χ0v) is 19.2. The van der Waals surface area contributed by atoms with E-state index >= 15 is 0 Å². The summed E-state index contributed by atoms with van der Waals surface area (Å²) in [7, 11) is -2.65. The molecular formula is C27H32O2Si. The van der Waals surface area contributed by atoms with Crippen LogP contribution in [-0.4, -0.2) is 20.0 Å². The van der Waals surface area contributed by atoms with Crippen LogP contribution >= 0.6 is 0 Å². The lowest BCUT2D eigenvalue weighted by Gasteiger charge is -2.45. The van der Waals surface area contributed by atoms with E-state index in [1.54, 1.807) is 6.08 Å². The molecule has 0 heterocycles. The van der Waals surface area contributed by atoms with E-state index in [0.717, 1.165) is 12.0 Å². The number of rotatable bonds is 8. The zero-order valence-electron chi connectivity index (χ0n) is 18.2. The number of benzene rings is 3. The van der Waals surface area contributed by atoms with Crippen molar-refractivity contribution in [3.63, 3.8) is 0 Å². The van der Waals surface area contributed by atoms with Crippen LogP contribution in [0, 0.1) is 0 Å². The van der Waals surface area contributed by atoms with Crippen LogP contribution in [-0.2, 0) is 4.43 Å². The summed E-state index contributed by atoms with van der Waals surface area (Å²) in [6.07, 6.45) is 4.44. The number of aliphatic hydroxyl groups is 1. The predicted molar refractivity (Wildman–Crippen MR) is 129 cm³/mol. The SMILES string of the molecule is CC(C)(C)[Si](OC(C/C=C\CO)c1ccccc1)(c1ccccc1)c1ccccc1. The smallest absolute Gasteiger partial charge is 0.261 e. The average molecular weight is 417 g/mol. The van der Waals surface area contributed by atoms with Crippen molar-refractivity contribution >= 4 is 18.7 Å². The van der Waals surface area contributed by atoms with E-state index in [1.165, 1.54) is 10.4 Å². The van der Waals surface area contributed by atoms with Crippen LogP contribution in [0.1, 0.15) is 38.9 Å². The molecule has 30 heavy (non-hydrogen) atoms. The summed E-state index contributed by atoms with van der Waals surface area (Å²) >= 11 is 0. The van der Waals surface area contributed by atoms with Crippen molar-refractivity contribution in [2.45, 2.75) is 38.3 Å². The highest BCUT2D eigenvalue weighted by Gasteiger charge is 2.51. The summed E-state index contributed by atoms with van der Waals surface area (Å²) in [6.45, 7) is 6.93. The summed E-state index contributed by atoms with van der Waals surface area (Å²) in [5.74, 6) is 0. The molecule has 0 radical (unpaired) electrons. The summed E-state index contributed by atoms with van der Waals surface area (Å²) in [5.41, 5.74) is 1.16. The second kappa shape index (κ2) is 10.0. The second-order valence-electron chi connectivity index (χ2n) is 8.57. The van der Waals surface area contributed by atoms with Crippen LogP contribution in [0.2, 0.25) is 5.04 Å². The van der Waals surface area contributed by atoms with Gasteiger partial charge in [0, 0.05) is 0 Å². The van der Waals surface area contributed by atoms with Gasteiger partial charge in [0.1, 0.15) is 0 Å².